The van der Waals surface area contributed by atoms with Gasteiger partial charge in [0, 0.05) is 12.4 Å². The van der Waals surface area contributed by atoms with Crippen LogP contribution in [0.25, 0.3) is 11.0 Å². The molecule has 0 aliphatic heterocycles. The Morgan fingerprint density at radius 1 is 1.43 bits per heavy atom. The van der Waals surface area contributed by atoms with Crippen LogP contribution in [0.4, 0.5) is 5.69 Å². The van der Waals surface area contributed by atoms with Crippen LogP contribution in [-0.2, 0) is 0 Å². The SMILES string of the molecule is CN(CNN)c1coc2ccccc12. The Morgan fingerprint density at radius 2 is 2.21 bits per heavy atom. The lowest BCUT2D eigenvalue weighted by Gasteiger charge is -2.16. The number of hydrazine groups is 1. The standard InChI is InChI=1S/C10H13N3O/c1-13(7-12-11)9-6-14-10-5-3-2-4-8(9)10/h2-6,12H,7,11H2,1H3. The summed E-state index contributed by atoms with van der Waals surface area (Å²) in [6.07, 6.45) is 1.74. The molecule has 0 saturated carbocycles. The maximum atomic E-state index is 5.41. The zero-order chi connectivity index (χ0) is 9.97. The highest BCUT2D eigenvalue weighted by Gasteiger charge is 2.07. The molecule has 0 bridgehead atoms. The first-order valence-corrected chi connectivity index (χ1v) is 4.44. The summed E-state index contributed by atoms with van der Waals surface area (Å²) >= 11 is 0. The van der Waals surface area contributed by atoms with Gasteiger partial charge in [-0.3, -0.25) is 5.84 Å². The molecule has 1 aromatic heterocycles. The number of fused-ring (bicyclic) bond motifs is 1. The second-order valence-corrected chi connectivity index (χ2v) is 3.18. The quantitative estimate of drug-likeness (QED) is 0.436. The summed E-state index contributed by atoms with van der Waals surface area (Å²) in [6, 6.07) is 7.92. The van der Waals surface area contributed by atoms with Crippen LogP contribution in [0.3, 0.4) is 0 Å². The molecule has 0 unspecified atom stereocenters. The van der Waals surface area contributed by atoms with Crippen molar-refractivity contribution in [1.29, 1.82) is 0 Å². The van der Waals surface area contributed by atoms with Gasteiger partial charge < -0.3 is 9.32 Å². The van der Waals surface area contributed by atoms with E-state index in [1.807, 2.05) is 36.2 Å². The van der Waals surface area contributed by atoms with Gasteiger partial charge in [-0.15, -0.1) is 0 Å². The molecule has 1 heterocycles. The highest BCUT2D eigenvalue weighted by atomic mass is 16.3. The van der Waals surface area contributed by atoms with E-state index in [4.69, 9.17) is 10.3 Å². The molecule has 0 amide bonds. The number of benzene rings is 1. The van der Waals surface area contributed by atoms with E-state index in [9.17, 15) is 0 Å². The smallest absolute Gasteiger partial charge is 0.136 e. The molecular weight excluding hydrogens is 178 g/mol. The van der Waals surface area contributed by atoms with Crippen LogP contribution in [0.5, 0.6) is 0 Å². The average Bonchev–Trinajstić information content (AvgIpc) is 2.61. The molecule has 2 aromatic rings. The Hall–Kier alpha value is -1.52. The van der Waals surface area contributed by atoms with Crippen molar-refractivity contribution in [1.82, 2.24) is 5.43 Å². The third kappa shape index (κ3) is 1.45. The minimum absolute atomic E-state index is 0.587. The number of anilines is 1. The Morgan fingerprint density at radius 3 is 3.00 bits per heavy atom. The highest BCUT2D eigenvalue weighted by Crippen LogP contribution is 2.27. The van der Waals surface area contributed by atoms with Crippen molar-refractivity contribution in [3.8, 4) is 0 Å². The first kappa shape index (κ1) is 9.05. The molecule has 0 saturated heterocycles. The molecule has 0 spiro atoms. The minimum atomic E-state index is 0.587. The number of furan rings is 1. The molecule has 1 aromatic carbocycles. The minimum Gasteiger partial charge on any atom is -0.462 e. The fourth-order valence-electron chi connectivity index (χ4n) is 1.48. The first-order valence-electron chi connectivity index (χ1n) is 4.44. The second kappa shape index (κ2) is 3.69. The molecule has 3 N–H and O–H groups in total. The summed E-state index contributed by atoms with van der Waals surface area (Å²) in [7, 11) is 1.96. The third-order valence-electron chi connectivity index (χ3n) is 2.20. The van der Waals surface area contributed by atoms with Gasteiger partial charge in [-0.25, -0.2) is 5.43 Å². The molecule has 0 atom stereocenters. The van der Waals surface area contributed by atoms with Crippen LogP contribution in [0, 0.1) is 0 Å². The van der Waals surface area contributed by atoms with Crippen LogP contribution >= 0.6 is 0 Å². The molecule has 4 nitrogen and oxygen atoms in total. The molecule has 2 rings (SSSR count). The molecule has 0 fully saturated rings. The van der Waals surface area contributed by atoms with E-state index >= 15 is 0 Å². The fourth-order valence-corrected chi connectivity index (χ4v) is 1.48. The number of rotatable bonds is 3. The van der Waals surface area contributed by atoms with Crippen LogP contribution in [0.15, 0.2) is 34.9 Å². The molecular formula is C10H13N3O. The van der Waals surface area contributed by atoms with E-state index in [0.717, 1.165) is 16.7 Å². The van der Waals surface area contributed by atoms with Crippen LogP contribution < -0.4 is 16.2 Å². The zero-order valence-corrected chi connectivity index (χ0v) is 8.03. The summed E-state index contributed by atoms with van der Waals surface area (Å²) in [5.74, 6) is 5.26. The molecule has 0 radical (unpaired) electrons. The van der Waals surface area contributed by atoms with Crippen molar-refractivity contribution < 1.29 is 4.42 Å². The molecule has 14 heavy (non-hydrogen) atoms. The van der Waals surface area contributed by atoms with Gasteiger partial charge in [-0.05, 0) is 12.1 Å². The summed E-state index contributed by atoms with van der Waals surface area (Å²) in [6.45, 7) is 0.587. The van der Waals surface area contributed by atoms with E-state index in [1.165, 1.54) is 0 Å². The number of hydrogen-bond acceptors (Lipinski definition) is 4. The van der Waals surface area contributed by atoms with Gasteiger partial charge in [-0.1, -0.05) is 12.1 Å². The highest BCUT2D eigenvalue weighted by molar-refractivity contribution is 5.90. The summed E-state index contributed by atoms with van der Waals surface area (Å²) in [5.41, 5.74) is 4.54. The topological polar surface area (TPSA) is 54.4 Å². The van der Waals surface area contributed by atoms with Crippen LogP contribution in [-0.4, -0.2) is 13.7 Å². The van der Waals surface area contributed by atoms with Gasteiger partial charge >= 0.3 is 0 Å². The van der Waals surface area contributed by atoms with Crippen molar-refractivity contribution in [3.05, 3.63) is 30.5 Å². The van der Waals surface area contributed by atoms with Gasteiger partial charge in [0.05, 0.1) is 12.4 Å². The predicted octanol–water partition coefficient (Wildman–Crippen LogP) is 1.29. The number of para-hydroxylation sites is 1. The van der Waals surface area contributed by atoms with Crippen molar-refractivity contribution in [2.75, 3.05) is 18.6 Å². The van der Waals surface area contributed by atoms with E-state index in [2.05, 4.69) is 5.43 Å². The van der Waals surface area contributed by atoms with E-state index in [0.29, 0.717) is 6.67 Å². The van der Waals surface area contributed by atoms with Crippen molar-refractivity contribution >= 4 is 16.7 Å². The van der Waals surface area contributed by atoms with E-state index < -0.39 is 0 Å². The predicted molar refractivity (Wildman–Crippen MR) is 56.8 cm³/mol. The third-order valence-corrected chi connectivity index (χ3v) is 2.20. The van der Waals surface area contributed by atoms with Gasteiger partial charge in [-0.2, -0.15) is 0 Å². The van der Waals surface area contributed by atoms with E-state index in [-0.39, 0.29) is 0 Å². The number of hydrogen-bond donors (Lipinski definition) is 2. The molecule has 0 aliphatic carbocycles. The van der Waals surface area contributed by atoms with Gasteiger partial charge in [0.25, 0.3) is 0 Å². The van der Waals surface area contributed by atoms with Gasteiger partial charge in [0.2, 0.25) is 0 Å². The molecule has 4 heteroatoms. The summed E-state index contributed by atoms with van der Waals surface area (Å²) < 4.78 is 5.41. The van der Waals surface area contributed by atoms with Crippen molar-refractivity contribution in [3.63, 3.8) is 0 Å². The lowest BCUT2D eigenvalue weighted by Crippen LogP contribution is -2.35. The second-order valence-electron chi connectivity index (χ2n) is 3.18. The Kier molecular flexibility index (Phi) is 2.39. The van der Waals surface area contributed by atoms with Gasteiger partial charge in [0.15, 0.2) is 0 Å². The van der Waals surface area contributed by atoms with E-state index in [1.54, 1.807) is 6.26 Å². The molecule has 0 aliphatic rings. The lowest BCUT2D eigenvalue weighted by atomic mass is 10.2. The fraction of sp³-hybridized carbons (Fsp3) is 0.200. The van der Waals surface area contributed by atoms with Crippen molar-refractivity contribution in [2.24, 2.45) is 5.84 Å². The Bertz CT molecular complexity index is 424. The maximum Gasteiger partial charge on any atom is 0.136 e. The summed E-state index contributed by atoms with van der Waals surface area (Å²) in [4.78, 5) is 1.99. The normalized spacial score (nSPS) is 10.7. The number of nitrogens with one attached hydrogen (secondary N) is 1. The number of nitrogens with two attached hydrogens (primary N) is 1. The molecule has 74 valence electrons. The zero-order valence-electron chi connectivity index (χ0n) is 8.03. The van der Waals surface area contributed by atoms with Crippen LogP contribution in [0.1, 0.15) is 0 Å². The average molecular weight is 191 g/mol. The van der Waals surface area contributed by atoms with Crippen LogP contribution in [0.2, 0.25) is 0 Å². The largest absolute Gasteiger partial charge is 0.462 e. The first-order chi connectivity index (χ1) is 6.83. The number of nitrogens with zero attached hydrogens (tertiary/aromatic N) is 1. The monoisotopic (exact) mass is 191 g/mol. The Labute approximate surface area is 82.3 Å². The summed E-state index contributed by atoms with van der Waals surface area (Å²) in [5, 5.41) is 1.10. The van der Waals surface area contributed by atoms with Crippen molar-refractivity contribution in [2.45, 2.75) is 0 Å². The Balaban J connectivity index is 2.42. The lowest BCUT2D eigenvalue weighted by molar-refractivity contribution is 0.612. The maximum absolute atomic E-state index is 5.41. The van der Waals surface area contributed by atoms with Gasteiger partial charge in [0.1, 0.15) is 11.8 Å².